The average Bonchev–Trinajstić information content (AvgIpc) is 3.17. The number of hydrogen-bond acceptors (Lipinski definition) is 9. The van der Waals surface area contributed by atoms with Crippen LogP contribution in [0.15, 0.2) is 121 Å². The van der Waals surface area contributed by atoms with Crippen LogP contribution < -0.4 is 71.6 Å². The molecule has 0 bridgehead atoms. The fourth-order valence-electron chi connectivity index (χ4n) is 3.06. The van der Waals surface area contributed by atoms with E-state index in [1.54, 1.807) is 36.4 Å². The van der Waals surface area contributed by atoms with Crippen LogP contribution in [0.4, 0.5) is 0 Å². The molecule has 0 heterocycles. The van der Waals surface area contributed by atoms with Crippen molar-refractivity contribution in [3.8, 4) is 6.07 Å². The quantitative estimate of drug-likeness (QED) is 0.0408. The Morgan fingerprint density at radius 3 is 1.32 bits per heavy atom. The van der Waals surface area contributed by atoms with Crippen molar-refractivity contribution in [3.05, 3.63) is 150 Å². The zero-order valence-corrected chi connectivity index (χ0v) is 34.4. The molecular formula is C35H44Cl4N5NaO7S. The molecule has 3 unspecified atom stereocenters. The van der Waals surface area contributed by atoms with Crippen LogP contribution >= 0.6 is 21.4 Å². The van der Waals surface area contributed by atoms with E-state index in [0.29, 0.717) is 0 Å². The smallest absolute Gasteiger partial charge is 1.00 e. The monoisotopic (exact) mass is 841 g/mol. The van der Waals surface area contributed by atoms with Gasteiger partial charge in [0.2, 0.25) is 21.3 Å². The second-order valence-electron chi connectivity index (χ2n) is 8.52. The largest absolute Gasteiger partial charge is 1.00 e. The fourth-order valence-corrected chi connectivity index (χ4v) is 3.06. The predicted molar refractivity (Wildman–Crippen MR) is 194 cm³/mol. The van der Waals surface area contributed by atoms with Crippen LogP contribution in [0.5, 0.6) is 0 Å². The number of nitrogens with zero attached hydrogens (tertiary/aromatic N) is 2. The summed E-state index contributed by atoms with van der Waals surface area (Å²) in [5.74, 6) is -1.20. The molecule has 0 aliphatic heterocycles. The Kier molecular flexibility index (Phi) is 54.6. The minimum Gasteiger partial charge on any atom is -1.00 e. The molecule has 0 aliphatic carbocycles. The van der Waals surface area contributed by atoms with Gasteiger partial charge < -0.3 is 68.8 Å². The van der Waals surface area contributed by atoms with E-state index in [1.807, 2.05) is 91.0 Å². The van der Waals surface area contributed by atoms with Gasteiger partial charge in [-0.1, -0.05) is 129 Å². The fraction of sp³-hybridized carbons (Fsp3) is 0.171. The number of carbonyl (C=O) groups excluding carboxylic acids is 2. The zero-order chi connectivity index (χ0) is 38.0. The minimum atomic E-state index is -1.67. The van der Waals surface area contributed by atoms with Crippen molar-refractivity contribution < 1.29 is 99.4 Å². The van der Waals surface area contributed by atoms with Crippen LogP contribution in [0.3, 0.4) is 0 Å². The molecule has 10 N–H and O–H groups in total. The summed E-state index contributed by atoms with van der Waals surface area (Å²) in [5, 5.41) is 30.2. The number of rotatable bonds is 6. The number of hydrogen-bond donors (Lipinski definition) is 5. The number of quaternary nitrogens is 2. The standard InChI is InChI=1S/C9H11NO2.C8H8N2.C8H9NO2.C7H6O.CN.CH4O.CH4.Cl2OS.2ClH.Na/c1-12-9(11)8(10)7-5-3-2-4-6-7;9-6-8(10)7-4-2-1-3-5-7;9-7(8(10)11)6-4-2-1-3-5-6;8-6-7-4-2-1-3-5-7;2*1-2;;1-4(2)3;;;/h2-6,8H,10H2,1H3;1-5,8H,10H2;1-5,7H,9H2,(H,10,11);1-6H;;2H,1H3;1H4;;2*1H;/q;;;;-1;;;;;;+1. The second-order valence-corrected chi connectivity index (χ2v) is 11.0. The van der Waals surface area contributed by atoms with Gasteiger partial charge in [-0.05, 0) is 5.56 Å². The van der Waals surface area contributed by atoms with Crippen molar-refractivity contribution in [3.63, 3.8) is 0 Å². The van der Waals surface area contributed by atoms with Gasteiger partial charge in [0.25, 0.3) is 0 Å². The van der Waals surface area contributed by atoms with Gasteiger partial charge >= 0.3 is 41.5 Å². The maximum Gasteiger partial charge on any atom is 1.00 e. The van der Waals surface area contributed by atoms with E-state index in [2.05, 4.69) is 37.6 Å². The Bertz CT molecular complexity index is 1510. The number of methoxy groups -OCH3 is 1. The van der Waals surface area contributed by atoms with Crippen LogP contribution in [-0.4, -0.2) is 46.9 Å². The first-order chi connectivity index (χ1) is 23.5. The van der Waals surface area contributed by atoms with Gasteiger partial charge in [-0.15, -0.1) is 0 Å². The van der Waals surface area contributed by atoms with Crippen molar-refractivity contribution in [2.24, 2.45) is 5.73 Å². The van der Waals surface area contributed by atoms with Gasteiger partial charge in [-0.25, -0.2) is 13.8 Å². The number of carboxylic acid groups (broad SMARTS) is 1. The maximum atomic E-state index is 11.0. The first-order valence-electron chi connectivity index (χ1n) is 13.7. The van der Waals surface area contributed by atoms with Crippen LogP contribution in [0, 0.1) is 23.2 Å². The Morgan fingerprint density at radius 2 is 1.08 bits per heavy atom. The number of ether oxygens (including phenoxy) is 1. The van der Waals surface area contributed by atoms with E-state index in [4.69, 9.17) is 37.3 Å². The SMILES string of the molecule is C.CO.COC(=O)C([NH3+])c1ccccc1.N#CC(N)c1ccccc1.O=Cc1ccccc1.O=S(Cl)Cl.[C-]#N.[Cl-].[Cl-].[NH3+]C(C(=O)O)c1ccccc1.[Na+]. The van der Waals surface area contributed by atoms with E-state index in [0.717, 1.165) is 35.6 Å². The number of aliphatic carboxylic acids is 1. The second kappa shape index (κ2) is 44.8. The van der Waals surface area contributed by atoms with Crippen molar-refractivity contribution in [2.45, 2.75) is 25.6 Å². The molecule has 12 nitrogen and oxygen atoms in total. The third-order valence-electron chi connectivity index (χ3n) is 5.42. The van der Waals surface area contributed by atoms with E-state index >= 15 is 0 Å². The number of halogens is 4. The van der Waals surface area contributed by atoms with Crippen LogP contribution in [0.1, 0.15) is 52.6 Å². The number of aliphatic hydroxyl groups excluding tert-OH is 1. The first kappa shape index (κ1) is 64.6. The van der Waals surface area contributed by atoms with Crippen LogP contribution in [0.2, 0.25) is 0 Å². The van der Waals surface area contributed by atoms with E-state index in [1.165, 1.54) is 7.11 Å². The number of nitrogens with two attached hydrogens (primary N) is 1. The Hall–Kier alpha value is -3.38. The van der Waals surface area contributed by atoms with Crippen LogP contribution in [0.25, 0.3) is 0 Å². The molecule has 0 aliphatic rings. The molecule has 18 heteroatoms. The van der Waals surface area contributed by atoms with E-state index in [9.17, 15) is 14.4 Å². The molecule has 286 valence electrons. The van der Waals surface area contributed by atoms with Gasteiger partial charge in [-0.3, -0.25) is 4.79 Å². The molecule has 0 saturated heterocycles. The van der Waals surface area contributed by atoms with Crippen molar-refractivity contribution in [1.82, 2.24) is 0 Å². The number of esters is 1. The topological polar surface area (TPSA) is 247 Å². The summed E-state index contributed by atoms with van der Waals surface area (Å²) in [6.45, 7) is 4.75. The molecule has 0 saturated carbocycles. The molecule has 4 rings (SSSR count). The molecule has 3 atom stereocenters. The number of aliphatic hydroxyl groups is 1. The summed E-state index contributed by atoms with van der Waals surface area (Å²) in [5.41, 5.74) is 15.9. The Labute approximate surface area is 357 Å². The summed E-state index contributed by atoms with van der Waals surface area (Å²) in [7, 11) is 9.72. The molecule has 4 aromatic rings. The number of benzene rings is 4. The molecular weight excluding hydrogens is 799 g/mol. The predicted octanol–water partition coefficient (Wildman–Crippen LogP) is -4.70. The van der Waals surface area contributed by atoms with E-state index in [-0.39, 0.29) is 67.8 Å². The third-order valence-corrected chi connectivity index (χ3v) is 5.42. The number of carbonyl (C=O) groups is 3. The van der Waals surface area contributed by atoms with Crippen molar-refractivity contribution in [1.29, 1.82) is 10.5 Å². The summed E-state index contributed by atoms with van der Waals surface area (Å²) in [4.78, 5) is 31.5. The maximum absolute atomic E-state index is 11.0. The normalized spacial score (nSPS) is 9.70. The minimum absolute atomic E-state index is 0. The summed E-state index contributed by atoms with van der Waals surface area (Å²) < 4.78 is 13.7. The summed E-state index contributed by atoms with van der Waals surface area (Å²) in [6.07, 6.45) is 0.833. The first-order valence-corrected chi connectivity index (χ1v) is 16.5. The molecule has 0 amide bonds. The van der Waals surface area contributed by atoms with Gasteiger partial charge in [0, 0.05) is 45.2 Å². The van der Waals surface area contributed by atoms with Gasteiger partial charge in [0.1, 0.15) is 12.3 Å². The number of carboxylic acids is 1. The van der Waals surface area contributed by atoms with Crippen molar-refractivity contribution in [2.75, 3.05) is 14.2 Å². The van der Waals surface area contributed by atoms with Gasteiger partial charge in [-0.2, -0.15) is 5.26 Å². The molecule has 0 radical (unpaired) electrons. The molecule has 0 fully saturated rings. The molecule has 0 spiro atoms. The van der Waals surface area contributed by atoms with Gasteiger partial charge in [0.05, 0.1) is 13.2 Å². The Morgan fingerprint density at radius 1 is 0.792 bits per heavy atom. The third kappa shape index (κ3) is 35.4. The summed E-state index contributed by atoms with van der Waals surface area (Å²) >= 11 is 0. The number of nitriles is 1. The number of aldehydes is 1. The molecule has 53 heavy (non-hydrogen) atoms. The van der Waals surface area contributed by atoms with Crippen LogP contribution in [-0.2, 0) is 23.6 Å². The zero-order valence-electron chi connectivity index (χ0n) is 28.6. The Balaban J connectivity index is -0.0000000980. The molecule has 4 aromatic carbocycles. The summed E-state index contributed by atoms with van der Waals surface area (Å²) in [6, 6.07) is 37.1. The average molecular weight is 844 g/mol. The van der Waals surface area contributed by atoms with Crippen molar-refractivity contribution >= 4 is 48.8 Å². The molecule has 0 aromatic heterocycles. The van der Waals surface area contributed by atoms with E-state index < -0.39 is 33.3 Å². The van der Waals surface area contributed by atoms with Gasteiger partial charge in [0.15, 0.2) is 0 Å².